The Labute approximate surface area is 152 Å². The molecule has 26 heavy (non-hydrogen) atoms. The normalized spacial score (nSPS) is 11.0. The quantitative estimate of drug-likeness (QED) is 0.512. The molecule has 1 amide bonds. The molecular formula is C17H13ClFN5O2. The summed E-state index contributed by atoms with van der Waals surface area (Å²) in [5.41, 5.74) is 6.60. The van der Waals surface area contributed by atoms with Gasteiger partial charge in [-0.05, 0) is 48.0 Å². The number of rotatable bonds is 5. The predicted octanol–water partition coefficient (Wildman–Crippen LogP) is 3.50. The highest BCUT2D eigenvalue weighted by Crippen LogP contribution is 2.28. The van der Waals surface area contributed by atoms with E-state index in [9.17, 15) is 14.3 Å². The molecule has 7 nitrogen and oxygen atoms in total. The van der Waals surface area contributed by atoms with Crippen molar-refractivity contribution in [3.63, 3.8) is 0 Å². The number of nitrogens with one attached hydrogen (secondary N) is 2. The zero-order chi connectivity index (χ0) is 18.7. The van der Waals surface area contributed by atoms with Crippen LogP contribution < -0.4 is 11.1 Å². The Morgan fingerprint density at radius 1 is 1.31 bits per heavy atom. The lowest BCUT2D eigenvalue weighted by Gasteiger charge is -2.05. The second-order valence-electron chi connectivity index (χ2n) is 5.26. The van der Waals surface area contributed by atoms with Gasteiger partial charge in [-0.25, -0.2) is 9.38 Å². The number of aromatic amines is 1. The number of carbonyl (C=O) groups is 1. The van der Waals surface area contributed by atoms with E-state index in [0.29, 0.717) is 11.3 Å². The van der Waals surface area contributed by atoms with Crippen molar-refractivity contribution in [1.82, 2.24) is 10.2 Å². The van der Waals surface area contributed by atoms with Gasteiger partial charge >= 0.3 is 0 Å². The second-order valence-corrected chi connectivity index (χ2v) is 5.67. The molecule has 0 saturated carbocycles. The lowest BCUT2D eigenvalue weighted by molar-refractivity contribution is 0.100. The molecule has 0 aliphatic heterocycles. The number of aromatic nitrogens is 2. The molecule has 0 spiro atoms. The number of phenols is 1. The lowest BCUT2D eigenvalue weighted by atomic mass is 10.2. The number of nitrogens with zero attached hydrogens (tertiary/aromatic N) is 2. The number of phenolic OH excluding ortho intramolecular Hbond substituents is 1. The van der Waals surface area contributed by atoms with Gasteiger partial charge in [0.15, 0.2) is 11.6 Å². The summed E-state index contributed by atoms with van der Waals surface area (Å²) in [4.78, 5) is 16.0. The molecule has 0 fully saturated rings. The first kappa shape index (κ1) is 17.4. The van der Waals surface area contributed by atoms with E-state index in [1.54, 1.807) is 12.1 Å². The van der Waals surface area contributed by atoms with Crippen molar-refractivity contribution < 1.29 is 14.3 Å². The molecule has 9 heteroatoms. The van der Waals surface area contributed by atoms with E-state index >= 15 is 0 Å². The van der Waals surface area contributed by atoms with Gasteiger partial charge in [0.05, 0.1) is 5.02 Å². The molecule has 1 heterocycles. The van der Waals surface area contributed by atoms with Crippen LogP contribution in [0.5, 0.6) is 5.75 Å². The van der Waals surface area contributed by atoms with E-state index in [-0.39, 0.29) is 28.0 Å². The van der Waals surface area contributed by atoms with Gasteiger partial charge in [0.25, 0.3) is 5.91 Å². The van der Waals surface area contributed by atoms with Crippen LogP contribution >= 0.6 is 11.6 Å². The zero-order valence-electron chi connectivity index (χ0n) is 13.2. The van der Waals surface area contributed by atoms with Crippen LogP contribution in [-0.2, 0) is 0 Å². The predicted molar refractivity (Wildman–Crippen MR) is 97.2 cm³/mol. The van der Waals surface area contributed by atoms with Crippen molar-refractivity contribution in [1.29, 1.82) is 0 Å². The summed E-state index contributed by atoms with van der Waals surface area (Å²) in [6, 6.07) is 10.3. The summed E-state index contributed by atoms with van der Waals surface area (Å²) in [5, 5.41) is 18.6. The third-order valence-electron chi connectivity index (χ3n) is 3.41. The molecule has 0 aliphatic carbocycles. The van der Waals surface area contributed by atoms with Gasteiger partial charge in [-0.3, -0.25) is 9.89 Å². The maximum absolute atomic E-state index is 13.2. The number of primary amides is 1. The highest BCUT2D eigenvalue weighted by Gasteiger charge is 2.18. The fourth-order valence-corrected chi connectivity index (χ4v) is 2.34. The minimum Gasteiger partial charge on any atom is -0.508 e. The topological polar surface area (TPSA) is 116 Å². The molecule has 5 N–H and O–H groups in total. The fourth-order valence-electron chi connectivity index (χ4n) is 2.16. The average Bonchev–Trinajstić information content (AvgIpc) is 3.00. The molecule has 132 valence electrons. The lowest BCUT2D eigenvalue weighted by Crippen LogP contribution is -2.12. The summed E-state index contributed by atoms with van der Waals surface area (Å²) in [6.45, 7) is 0. The van der Waals surface area contributed by atoms with Crippen molar-refractivity contribution in [3.8, 4) is 5.75 Å². The third-order valence-corrected chi connectivity index (χ3v) is 3.70. The number of halogens is 2. The third kappa shape index (κ3) is 3.81. The van der Waals surface area contributed by atoms with Crippen LogP contribution in [0.1, 0.15) is 15.9 Å². The summed E-state index contributed by atoms with van der Waals surface area (Å²) < 4.78 is 13.2. The van der Waals surface area contributed by atoms with E-state index < -0.39 is 11.7 Å². The van der Waals surface area contributed by atoms with E-state index in [1.807, 2.05) is 0 Å². The number of aromatic hydroxyl groups is 1. The SMILES string of the molecule is NC(=O)c1c(Nc2ccc(F)c(Cl)c2)n[nH]c1N=Cc1ccc(O)cc1. The van der Waals surface area contributed by atoms with Crippen LogP contribution in [0.2, 0.25) is 5.02 Å². The highest BCUT2D eigenvalue weighted by atomic mass is 35.5. The molecule has 2 aromatic carbocycles. The maximum Gasteiger partial charge on any atom is 0.256 e. The van der Waals surface area contributed by atoms with Crippen LogP contribution in [0.15, 0.2) is 47.5 Å². The Morgan fingerprint density at radius 2 is 2.04 bits per heavy atom. The minimum atomic E-state index is -0.743. The molecule has 0 bridgehead atoms. The number of nitrogens with two attached hydrogens (primary N) is 1. The standard InChI is InChI=1S/C17H13ClFN5O2/c18-12-7-10(3-6-13(12)19)22-17-14(15(20)26)16(23-24-17)21-8-9-1-4-11(25)5-2-9/h1-8,25H,(H2,20,26)(H2,22,23,24). The smallest absolute Gasteiger partial charge is 0.256 e. The number of hydrogen-bond donors (Lipinski definition) is 4. The largest absolute Gasteiger partial charge is 0.508 e. The van der Waals surface area contributed by atoms with Crippen LogP contribution in [0.25, 0.3) is 0 Å². The monoisotopic (exact) mass is 373 g/mol. The van der Waals surface area contributed by atoms with Gasteiger partial charge in [-0.1, -0.05) is 11.6 Å². The van der Waals surface area contributed by atoms with E-state index in [2.05, 4.69) is 20.5 Å². The first-order valence-electron chi connectivity index (χ1n) is 7.37. The van der Waals surface area contributed by atoms with Crippen LogP contribution in [0.3, 0.4) is 0 Å². The second kappa shape index (κ2) is 7.24. The Hall–Kier alpha value is -3.39. The van der Waals surface area contributed by atoms with E-state index in [4.69, 9.17) is 17.3 Å². The molecule has 0 radical (unpaired) electrons. The Balaban J connectivity index is 1.89. The molecule has 0 unspecified atom stereocenters. The Morgan fingerprint density at radius 3 is 2.69 bits per heavy atom. The highest BCUT2D eigenvalue weighted by molar-refractivity contribution is 6.31. The van der Waals surface area contributed by atoms with E-state index in [1.165, 1.54) is 36.5 Å². The number of benzene rings is 2. The van der Waals surface area contributed by atoms with Gasteiger partial charge in [0.1, 0.15) is 17.1 Å². The maximum atomic E-state index is 13.2. The zero-order valence-corrected chi connectivity index (χ0v) is 14.0. The van der Waals surface area contributed by atoms with Gasteiger partial charge in [0.2, 0.25) is 0 Å². The summed E-state index contributed by atoms with van der Waals surface area (Å²) in [5.74, 6) is -0.883. The summed E-state index contributed by atoms with van der Waals surface area (Å²) >= 11 is 5.74. The van der Waals surface area contributed by atoms with Gasteiger partial charge in [-0.2, -0.15) is 5.10 Å². The van der Waals surface area contributed by atoms with Crippen molar-refractivity contribution in [2.24, 2.45) is 10.7 Å². The molecule has 3 rings (SSSR count). The van der Waals surface area contributed by atoms with Crippen LogP contribution in [0.4, 0.5) is 21.7 Å². The Kier molecular flexibility index (Phi) is 4.85. The molecule has 0 atom stereocenters. The molecule has 3 aromatic rings. The van der Waals surface area contributed by atoms with E-state index in [0.717, 1.165) is 0 Å². The number of aliphatic imine (C=N–C) groups is 1. The van der Waals surface area contributed by atoms with Crippen LogP contribution in [-0.4, -0.2) is 27.4 Å². The number of hydrogen-bond acceptors (Lipinski definition) is 5. The molecule has 1 aromatic heterocycles. The molecule has 0 saturated heterocycles. The van der Waals surface area contributed by atoms with Gasteiger partial charge < -0.3 is 16.2 Å². The first-order chi connectivity index (χ1) is 12.4. The van der Waals surface area contributed by atoms with Crippen molar-refractivity contribution in [2.75, 3.05) is 5.32 Å². The van der Waals surface area contributed by atoms with Crippen molar-refractivity contribution in [2.45, 2.75) is 0 Å². The molecular weight excluding hydrogens is 361 g/mol. The average molecular weight is 374 g/mol. The van der Waals surface area contributed by atoms with Gasteiger partial charge in [-0.15, -0.1) is 0 Å². The van der Waals surface area contributed by atoms with Gasteiger partial charge in [0, 0.05) is 11.9 Å². The van der Waals surface area contributed by atoms with Crippen LogP contribution in [0, 0.1) is 5.82 Å². The summed E-state index contributed by atoms with van der Waals surface area (Å²) in [6.07, 6.45) is 1.48. The Bertz CT molecular complexity index is 985. The minimum absolute atomic E-state index is 0.0421. The molecule has 0 aliphatic rings. The number of amides is 1. The first-order valence-corrected chi connectivity index (χ1v) is 7.75. The number of anilines is 2. The van der Waals surface area contributed by atoms with Crippen molar-refractivity contribution >= 4 is 41.0 Å². The summed E-state index contributed by atoms with van der Waals surface area (Å²) in [7, 11) is 0. The fraction of sp³-hybridized carbons (Fsp3) is 0. The number of H-pyrrole nitrogens is 1. The van der Waals surface area contributed by atoms with Crippen molar-refractivity contribution in [3.05, 3.63) is 64.4 Å². The number of carbonyl (C=O) groups excluding carboxylic acids is 1.